The maximum Gasteiger partial charge on any atom is 0.338 e. The van der Waals surface area contributed by atoms with Crippen molar-refractivity contribution in [1.29, 1.82) is 0 Å². The van der Waals surface area contributed by atoms with Crippen molar-refractivity contribution in [3.63, 3.8) is 0 Å². The minimum atomic E-state index is -0.643. The Morgan fingerprint density at radius 2 is 1.66 bits per heavy atom. The molecule has 1 amide bonds. The van der Waals surface area contributed by atoms with Crippen LogP contribution >= 0.6 is 0 Å². The maximum absolute atomic E-state index is 12.3. The van der Waals surface area contributed by atoms with E-state index in [2.05, 4.69) is 0 Å². The zero-order chi connectivity index (χ0) is 20.8. The predicted octanol–water partition coefficient (Wildman–Crippen LogP) is 2.64. The van der Waals surface area contributed by atoms with Gasteiger partial charge < -0.3 is 14.4 Å². The molecule has 0 aliphatic carbocycles. The van der Waals surface area contributed by atoms with E-state index >= 15 is 0 Å². The summed E-state index contributed by atoms with van der Waals surface area (Å²) in [6, 6.07) is 15.0. The summed E-state index contributed by atoms with van der Waals surface area (Å²) < 4.78 is 10.1. The van der Waals surface area contributed by atoms with Crippen LogP contribution in [0.3, 0.4) is 0 Å². The first-order valence-electron chi connectivity index (χ1n) is 9.32. The lowest BCUT2D eigenvalue weighted by Gasteiger charge is -2.17. The van der Waals surface area contributed by atoms with E-state index in [4.69, 9.17) is 9.47 Å². The Morgan fingerprint density at radius 1 is 0.966 bits per heavy atom. The minimum absolute atomic E-state index is 0.0119. The van der Waals surface area contributed by atoms with Crippen molar-refractivity contribution in [2.45, 2.75) is 13.3 Å². The van der Waals surface area contributed by atoms with Crippen LogP contribution in [0.2, 0.25) is 0 Å². The summed E-state index contributed by atoms with van der Waals surface area (Å²) in [5.41, 5.74) is 1.43. The van der Waals surface area contributed by atoms with Crippen molar-refractivity contribution in [3.05, 3.63) is 65.7 Å². The second kappa shape index (κ2) is 9.14. The average molecular weight is 395 g/mol. The lowest BCUT2D eigenvalue weighted by atomic mass is 10.1. The summed E-state index contributed by atoms with van der Waals surface area (Å²) in [6.45, 7) is 1.81. The van der Waals surface area contributed by atoms with E-state index in [0.717, 1.165) is 0 Å². The Balaban J connectivity index is 1.57. The van der Waals surface area contributed by atoms with Gasteiger partial charge in [-0.3, -0.25) is 14.4 Å². The molecule has 0 radical (unpaired) electrons. The molecule has 1 atom stereocenters. The third kappa shape index (κ3) is 4.87. The summed E-state index contributed by atoms with van der Waals surface area (Å²) in [5.74, 6) is -2.17. The highest BCUT2D eigenvalue weighted by Gasteiger charge is 2.36. The van der Waals surface area contributed by atoms with Gasteiger partial charge >= 0.3 is 11.9 Å². The molecule has 1 aliphatic rings. The number of hydrogen-bond donors (Lipinski definition) is 0. The van der Waals surface area contributed by atoms with Crippen molar-refractivity contribution in [3.8, 4) is 0 Å². The highest BCUT2D eigenvalue weighted by molar-refractivity contribution is 6.01. The summed E-state index contributed by atoms with van der Waals surface area (Å²) >= 11 is 0. The fourth-order valence-corrected chi connectivity index (χ4v) is 3.07. The van der Waals surface area contributed by atoms with E-state index in [9.17, 15) is 19.2 Å². The zero-order valence-corrected chi connectivity index (χ0v) is 16.0. The molecule has 7 nitrogen and oxygen atoms in total. The van der Waals surface area contributed by atoms with Gasteiger partial charge in [0.1, 0.15) is 0 Å². The van der Waals surface area contributed by atoms with Gasteiger partial charge in [0.25, 0.3) is 0 Å². The van der Waals surface area contributed by atoms with Gasteiger partial charge in [0.2, 0.25) is 5.91 Å². The van der Waals surface area contributed by atoms with Crippen LogP contribution in [0.15, 0.2) is 54.6 Å². The maximum atomic E-state index is 12.3. The normalized spacial score (nSPS) is 15.8. The lowest BCUT2D eigenvalue weighted by molar-refractivity contribution is -0.147. The standard InChI is InChI=1S/C22H21NO6/c1-2-28-21(26)16-8-10-18(11-9-16)23-13-17(12-20(23)25)22(27)29-14-19(24)15-6-4-3-5-7-15/h3-11,17H,2,12-14H2,1H3. The SMILES string of the molecule is CCOC(=O)c1ccc(N2CC(C(=O)OCC(=O)c3ccccc3)CC2=O)cc1. The molecule has 3 rings (SSSR count). The summed E-state index contributed by atoms with van der Waals surface area (Å²) in [4.78, 5) is 49.9. The lowest BCUT2D eigenvalue weighted by Crippen LogP contribution is -2.27. The fraction of sp³-hybridized carbons (Fsp3) is 0.273. The molecule has 2 aromatic carbocycles. The Morgan fingerprint density at radius 3 is 2.31 bits per heavy atom. The van der Waals surface area contributed by atoms with Crippen LogP contribution < -0.4 is 4.90 Å². The van der Waals surface area contributed by atoms with Gasteiger partial charge in [0.15, 0.2) is 12.4 Å². The van der Waals surface area contributed by atoms with E-state index < -0.39 is 17.9 Å². The van der Waals surface area contributed by atoms with Gasteiger partial charge in [-0.05, 0) is 31.2 Å². The van der Waals surface area contributed by atoms with E-state index in [0.29, 0.717) is 16.8 Å². The molecule has 0 spiro atoms. The number of anilines is 1. The number of amides is 1. The van der Waals surface area contributed by atoms with Gasteiger partial charge in [-0.25, -0.2) is 4.79 Å². The number of ketones is 1. The van der Waals surface area contributed by atoms with Crippen molar-refractivity contribution < 1.29 is 28.7 Å². The zero-order valence-electron chi connectivity index (χ0n) is 16.0. The smallest absolute Gasteiger partial charge is 0.338 e. The highest BCUT2D eigenvalue weighted by Crippen LogP contribution is 2.26. The van der Waals surface area contributed by atoms with E-state index in [1.54, 1.807) is 61.5 Å². The molecule has 1 saturated heterocycles. The molecule has 7 heteroatoms. The Bertz CT molecular complexity index is 907. The van der Waals surface area contributed by atoms with Crippen molar-refractivity contribution in [2.24, 2.45) is 5.92 Å². The van der Waals surface area contributed by atoms with Gasteiger partial charge in [0, 0.05) is 24.2 Å². The number of Topliss-reactive ketones (excluding diaryl/α,β-unsaturated/α-hetero) is 1. The van der Waals surface area contributed by atoms with E-state index in [1.165, 1.54) is 4.90 Å². The van der Waals surface area contributed by atoms with Crippen LogP contribution in [-0.4, -0.2) is 43.4 Å². The Kier molecular flexibility index (Phi) is 6.39. The summed E-state index contributed by atoms with van der Waals surface area (Å²) in [7, 11) is 0. The van der Waals surface area contributed by atoms with Crippen LogP contribution in [0.4, 0.5) is 5.69 Å². The second-order valence-corrected chi connectivity index (χ2v) is 6.57. The molecule has 29 heavy (non-hydrogen) atoms. The van der Waals surface area contributed by atoms with Gasteiger partial charge in [0.05, 0.1) is 18.1 Å². The third-order valence-electron chi connectivity index (χ3n) is 4.59. The van der Waals surface area contributed by atoms with Crippen LogP contribution in [0.5, 0.6) is 0 Å². The molecule has 1 fully saturated rings. The monoisotopic (exact) mass is 395 g/mol. The van der Waals surface area contributed by atoms with E-state index in [-0.39, 0.29) is 37.9 Å². The quantitative estimate of drug-likeness (QED) is 0.529. The largest absolute Gasteiger partial charge is 0.462 e. The van der Waals surface area contributed by atoms with Gasteiger partial charge in [-0.15, -0.1) is 0 Å². The Hall–Kier alpha value is -3.48. The van der Waals surface area contributed by atoms with Crippen LogP contribution in [-0.2, 0) is 19.1 Å². The molecule has 2 aromatic rings. The molecular weight excluding hydrogens is 374 g/mol. The first-order valence-corrected chi connectivity index (χ1v) is 9.32. The molecule has 0 bridgehead atoms. The molecule has 0 saturated carbocycles. The van der Waals surface area contributed by atoms with Crippen LogP contribution in [0.25, 0.3) is 0 Å². The third-order valence-corrected chi connectivity index (χ3v) is 4.59. The number of esters is 2. The van der Waals surface area contributed by atoms with Gasteiger partial charge in [-0.2, -0.15) is 0 Å². The van der Waals surface area contributed by atoms with Gasteiger partial charge in [-0.1, -0.05) is 30.3 Å². The molecule has 150 valence electrons. The number of nitrogens with zero attached hydrogens (tertiary/aromatic N) is 1. The second-order valence-electron chi connectivity index (χ2n) is 6.57. The Labute approximate surface area is 168 Å². The number of carbonyl (C=O) groups excluding carboxylic acids is 4. The molecule has 0 aromatic heterocycles. The number of carbonyl (C=O) groups is 4. The number of benzene rings is 2. The van der Waals surface area contributed by atoms with Crippen molar-refractivity contribution in [2.75, 3.05) is 24.7 Å². The molecule has 0 N–H and O–H groups in total. The van der Waals surface area contributed by atoms with E-state index in [1.807, 2.05) is 0 Å². The molecule has 1 heterocycles. The number of rotatable bonds is 7. The first kappa shape index (κ1) is 20.3. The van der Waals surface area contributed by atoms with Crippen LogP contribution in [0, 0.1) is 5.92 Å². The molecule has 1 aliphatic heterocycles. The van der Waals surface area contributed by atoms with Crippen LogP contribution in [0.1, 0.15) is 34.1 Å². The summed E-state index contributed by atoms with van der Waals surface area (Å²) in [5, 5.41) is 0. The number of ether oxygens (including phenoxy) is 2. The minimum Gasteiger partial charge on any atom is -0.462 e. The topological polar surface area (TPSA) is 90.0 Å². The highest BCUT2D eigenvalue weighted by atomic mass is 16.5. The predicted molar refractivity (Wildman–Crippen MR) is 105 cm³/mol. The molecular formula is C22H21NO6. The fourth-order valence-electron chi connectivity index (χ4n) is 3.07. The molecule has 1 unspecified atom stereocenters. The average Bonchev–Trinajstić information content (AvgIpc) is 3.14. The summed E-state index contributed by atoms with van der Waals surface area (Å²) in [6.07, 6.45) is 0.0119. The number of hydrogen-bond acceptors (Lipinski definition) is 6. The van der Waals surface area contributed by atoms with Crippen molar-refractivity contribution >= 4 is 29.3 Å². The van der Waals surface area contributed by atoms with Crippen molar-refractivity contribution in [1.82, 2.24) is 0 Å². The first-order chi connectivity index (χ1) is 14.0.